The zero-order chi connectivity index (χ0) is 17.5. The van der Waals surface area contributed by atoms with Gasteiger partial charge in [0.05, 0.1) is 27.1 Å². The molecule has 1 aliphatic heterocycles. The van der Waals surface area contributed by atoms with Crippen molar-refractivity contribution < 1.29 is 23.7 Å². The van der Waals surface area contributed by atoms with E-state index < -0.39 is 0 Å². The van der Waals surface area contributed by atoms with Crippen molar-refractivity contribution in [1.29, 1.82) is 0 Å². The third-order valence-electron chi connectivity index (χ3n) is 3.86. The van der Waals surface area contributed by atoms with Crippen LogP contribution in [0, 0.1) is 0 Å². The zero-order valence-corrected chi connectivity index (χ0v) is 15.5. The molecule has 1 amide bonds. The predicted molar refractivity (Wildman–Crippen MR) is 94.1 cm³/mol. The van der Waals surface area contributed by atoms with Gasteiger partial charge >= 0.3 is 0 Å². The molecule has 7 heteroatoms. The van der Waals surface area contributed by atoms with Crippen molar-refractivity contribution >= 4 is 17.7 Å². The number of carbonyl (C=O) groups excluding carboxylic acids is 1. The van der Waals surface area contributed by atoms with Crippen molar-refractivity contribution in [1.82, 2.24) is 4.90 Å². The molecule has 6 nitrogen and oxygen atoms in total. The number of hydrogen-bond donors (Lipinski definition) is 0. The summed E-state index contributed by atoms with van der Waals surface area (Å²) in [5.74, 6) is 2.37. The van der Waals surface area contributed by atoms with Gasteiger partial charge < -0.3 is 23.8 Å². The minimum absolute atomic E-state index is 0.0890. The fraction of sp³-hybridized carbons (Fsp3) is 0.588. The van der Waals surface area contributed by atoms with Crippen LogP contribution in [-0.4, -0.2) is 57.6 Å². The monoisotopic (exact) mass is 355 g/mol. The summed E-state index contributed by atoms with van der Waals surface area (Å²) in [6, 6.07) is 3.78. The maximum absolute atomic E-state index is 12.3. The van der Waals surface area contributed by atoms with Crippen LogP contribution in [0.4, 0.5) is 0 Å². The van der Waals surface area contributed by atoms with E-state index in [2.05, 4.69) is 0 Å². The smallest absolute Gasteiger partial charge is 0.233 e. The number of ether oxygens (including phenoxy) is 4. The molecule has 1 heterocycles. The van der Waals surface area contributed by atoms with Crippen LogP contribution in [0.15, 0.2) is 12.1 Å². The standard InChI is InChI=1S/C17H25NO5S/c1-5-23-10-6-9-18-14(19)11-24-17(18)12-7-8-13(20-2)16(22-4)15(12)21-3/h7-8,17H,5-6,9-11H2,1-4H3. The number of thioether (sulfide) groups is 1. The van der Waals surface area contributed by atoms with E-state index in [0.29, 0.717) is 42.8 Å². The molecule has 1 aromatic carbocycles. The molecule has 1 saturated heterocycles. The molecule has 0 radical (unpaired) electrons. The summed E-state index contributed by atoms with van der Waals surface area (Å²) in [6.07, 6.45) is 0.812. The van der Waals surface area contributed by atoms with Gasteiger partial charge in [0.15, 0.2) is 11.5 Å². The third-order valence-corrected chi connectivity index (χ3v) is 5.10. The van der Waals surface area contributed by atoms with Crippen LogP contribution in [-0.2, 0) is 9.53 Å². The second kappa shape index (κ2) is 9.03. The van der Waals surface area contributed by atoms with Crippen molar-refractivity contribution in [3.63, 3.8) is 0 Å². The highest BCUT2D eigenvalue weighted by Gasteiger charge is 2.35. The van der Waals surface area contributed by atoms with E-state index in [0.717, 1.165) is 12.0 Å². The van der Waals surface area contributed by atoms with Crippen molar-refractivity contribution in [2.24, 2.45) is 0 Å². The highest BCUT2D eigenvalue weighted by Crippen LogP contribution is 2.48. The topological polar surface area (TPSA) is 57.2 Å². The molecule has 1 atom stereocenters. The Kier molecular flexibility index (Phi) is 7.05. The van der Waals surface area contributed by atoms with Gasteiger partial charge in [0.2, 0.25) is 11.7 Å². The Morgan fingerprint density at radius 1 is 1.17 bits per heavy atom. The Hall–Kier alpha value is -1.60. The van der Waals surface area contributed by atoms with Crippen LogP contribution in [0.3, 0.4) is 0 Å². The molecule has 1 aliphatic rings. The highest BCUT2D eigenvalue weighted by atomic mass is 32.2. The van der Waals surface area contributed by atoms with Crippen molar-refractivity contribution in [3.05, 3.63) is 17.7 Å². The quantitative estimate of drug-likeness (QED) is 0.635. The second-order valence-electron chi connectivity index (χ2n) is 5.22. The molecule has 1 aromatic rings. The van der Waals surface area contributed by atoms with Gasteiger partial charge in [-0.2, -0.15) is 0 Å². The van der Waals surface area contributed by atoms with Gasteiger partial charge in [0.25, 0.3) is 0 Å². The van der Waals surface area contributed by atoms with Gasteiger partial charge in [-0.1, -0.05) is 0 Å². The molecule has 1 fully saturated rings. The number of carbonyl (C=O) groups is 1. The highest BCUT2D eigenvalue weighted by molar-refractivity contribution is 8.00. The first-order valence-electron chi connectivity index (χ1n) is 7.95. The number of methoxy groups -OCH3 is 3. The van der Waals surface area contributed by atoms with Crippen molar-refractivity contribution in [2.45, 2.75) is 18.7 Å². The van der Waals surface area contributed by atoms with E-state index in [4.69, 9.17) is 18.9 Å². The Labute approximate surface area is 147 Å². The summed E-state index contributed by atoms with van der Waals surface area (Å²) in [5.41, 5.74) is 0.919. The average molecular weight is 355 g/mol. The first-order chi connectivity index (χ1) is 11.7. The number of benzene rings is 1. The summed E-state index contributed by atoms with van der Waals surface area (Å²) in [5, 5.41) is -0.0890. The number of rotatable bonds is 9. The molecule has 0 N–H and O–H groups in total. The van der Waals surface area contributed by atoms with E-state index in [1.165, 1.54) is 0 Å². The summed E-state index contributed by atoms with van der Waals surface area (Å²) in [4.78, 5) is 14.1. The molecule has 0 spiro atoms. The molecule has 24 heavy (non-hydrogen) atoms. The van der Waals surface area contributed by atoms with E-state index in [9.17, 15) is 4.79 Å². The minimum atomic E-state index is -0.0890. The molecule has 134 valence electrons. The Morgan fingerprint density at radius 3 is 2.54 bits per heavy atom. The van der Waals surface area contributed by atoms with E-state index in [1.807, 2.05) is 24.0 Å². The predicted octanol–water partition coefficient (Wildman–Crippen LogP) is 2.71. The lowest BCUT2D eigenvalue weighted by Gasteiger charge is -2.26. The fourth-order valence-corrected chi connectivity index (χ4v) is 3.99. The SMILES string of the molecule is CCOCCCN1C(=O)CSC1c1ccc(OC)c(OC)c1OC. The van der Waals surface area contributed by atoms with Crippen LogP contribution in [0.5, 0.6) is 17.2 Å². The summed E-state index contributed by atoms with van der Waals surface area (Å²) >= 11 is 1.60. The lowest BCUT2D eigenvalue weighted by Crippen LogP contribution is -2.30. The van der Waals surface area contributed by atoms with Crippen molar-refractivity contribution in [2.75, 3.05) is 46.8 Å². The lowest BCUT2D eigenvalue weighted by molar-refractivity contribution is -0.128. The molecule has 0 saturated carbocycles. The molecule has 0 aromatic heterocycles. The normalized spacial score (nSPS) is 17.2. The number of nitrogens with zero attached hydrogens (tertiary/aromatic N) is 1. The first kappa shape index (κ1) is 18.7. The Bertz CT molecular complexity index is 566. The Balaban J connectivity index is 2.26. The van der Waals surface area contributed by atoms with Gasteiger partial charge in [0.1, 0.15) is 5.37 Å². The minimum Gasteiger partial charge on any atom is -0.493 e. The maximum Gasteiger partial charge on any atom is 0.233 e. The number of amides is 1. The molecule has 2 rings (SSSR count). The van der Waals surface area contributed by atoms with Gasteiger partial charge in [-0.05, 0) is 25.5 Å². The molecule has 0 aliphatic carbocycles. The van der Waals surface area contributed by atoms with E-state index in [-0.39, 0.29) is 11.3 Å². The summed E-state index contributed by atoms with van der Waals surface area (Å²) in [7, 11) is 4.77. The van der Waals surface area contributed by atoms with Crippen LogP contribution in [0.2, 0.25) is 0 Å². The fourth-order valence-electron chi connectivity index (χ4n) is 2.75. The average Bonchev–Trinajstić information content (AvgIpc) is 2.97. The van der Waals surface area contributed by atoms with Gasteiger partial charge in [-0.3, -0.25) is 4.79 Å². The molecule has 1 unspecified atom stereocenters. The van der Waals surface area contributed by atoms with E-state index >= 15 is 0 Å². The largest absolute Gasteiger partial charge is 0.493 e. The second-order valence-corrected chi connectivity index (χ2v) is 6.29. The van der Waals surface area contributed by atoms with Gasteiger partial charge in [0, 0.05) is 25.3 Å². The summed E-state index contributed by atoms with van der Waals surface area (Å²) < 4.78 is 21.7. The molecular formula is C17H25NO5S. The van der Waals surface area contributed by atoms with Crippen molar-refractivity contribution in [3.8, 4) is 17.2 Å². The third kappa shape index (κ3) is 3.89. The van der Waals surface area contributed by atoms with Crippen LogP contribution in [0.25, 0.3) is 0 Å². The van der Waals surface area contributed by atoms with Crippen LogP contribution in [0.1, 0.15) is 24.3 Å². The first-order valence-corrected chi connectivity index (χ1v) is 9.00. The van der Waals surface area contributed by atoms with Gasteiger partial charge in [-0.25, -0.2) is 0 Å². The maximum atomic E-state index is 12.3. The van der Waals surface area contributed by atoms with Gasteiger partial charge in [-0.15, -0.1) is 11.8 Å². The zero-order valence-electron chi connectivity index (χ0n) is 14.7. The number of hydrogen-bond acceptors (Lipinski definition) is 6. The van der Waals surface area contributed by atoms with Crippen LogP contribution >= 0.6 is 11.8 Å². The van der Waals surface area contributed by atoms with E-state index in [1.54, 1.807) is 33.1 Å². The lowest BCUT2D eigenvalue weighted by atomic mass is 10.1. The Morgan fingerprint density at radius 2 is 1.92 bits per heavy atom. The summed E-state index contributed by atoms with van der Waals surface area (Å²) in [6.45, 7) is 3.97. The van der Waals surface area contributed by atoms with Crippen LogP contribution < -0.4 is 14.2 Å². The molecule has 0 bridgehead atoms. The molecular weight excluding hydrogens is 330 g/mol.